The number of hydrogen-bond acceptors (Lipinski definition) is 6. The number of hydrogen-bond donors (Lipinski definition) is 0. The molecule has 1 aliphatic heterocycles. The molecular formula is C18H30Cl3NO6Si. The van der Waals surface area contributed by atoms with Crippen molar-refractivity contribution >= 4 is 61.1 Å². The molecular weight excluding hydrogens is 461 g/mol. The summed E-state index contributed by atoms with van der Waals surface area (Å²) in [5, 5.41) is -0.169. The fourth-order valence-electron chi connectivity index (χ4n) is 2.33. The van der Waals surface area contributed by atoms with Crippen molar-refractivity contribution in [1.29, 1.82) is 0 Å². The number of halogens is 3. The lowest BCUT2D eigenvalue weighted by Crippen LogP contribution is -2.48. The van der Waals surface area contributed by atoms with Crippen LogP contribution in [0.5, 0.6) is 0 Å². The van der Waals surface area contributed by atoms with E-state index in [1.807, 2.05) is 33.9 Å². The van der Waals surface area contributed by atoms with Gasteiger partial charge in [0.1, 0.15) is 24.4 Å². The van der Waals surface area contributed by atoms with Gasteiger partial charge >= 0.3 is 12.1 Å². The van der Waals surface area contributed by atoms with E-state index in [9.17, 15) is 14.4 Å². The first-order valence-corrected chi connectivity index (χ1v) is 13.3. The average molecular weight is 491 g/mol. The zero-order valence-corrected chi connectivity index (χ0v) is 21.4. The van der Waals surface area contributed by atoms with E-state index in [-0.39, 0.29) is 11.5 Å². The molecule has 7 nitrogen and oxygen atoms in total. The highest BCUT2D eigenvalue weighted by molar-refractivity contribution is 6.74. The fourth-order valence-corrected chi connectivity index (χ4v) is 3.75. The van der Waals surface area contributed by atoms with Gasteiger partial charge in [0.15, 0.2) is 8.32 Å². The Hall–Kier alpha value is -0.543. The Kier molecular flexibility index (Phi) is 8.13. The molecule has 2 atom stereocenters. The van der Waals surface area contributed by atoms with Gasteiger partial charge in [-0.3, -0.25) is 4.79 Å². The van der Waals surface area contributed by atoms with Gasteiger partial charge in [0.2, 0.25) is 3.79 Å². The first-order chi connectivity index (χ1) is 12.8. The lowest BCUT2D eigenvalue weighted by Gasteiger charge is -2.37. The fraction of sp³-hybridized carbons (Fsp3) is 0.833. The van der Waals surface area contributed by atoms with Crippen molar-refractivity contribution in [2.45, 2.75) is 87.6 Å². The van der Waals surface area contributed by atoms with Crippen molar-refractivity contribution in [1.82, 2.24) is 4.90 Å². The topological polar surface area (TPSA) is 82.1 Å². The first kappa shape index (κ1) is 26.5. The molecule has 0 radical (unpaired) electrons. The Balaban J connectivity index is 3.13. The molecule has 0 aromatic carbocycles. The molecule has 0 bridgehead atoms. The highest BCUT2D eigenvalue weighted by Crippen LogP contribution is 2.39. The van der Waals surface area contributed by atoms with E-state index in [1.165, 1.54) is 0 Å². The molecule has 29 heavy (non-hydrogen) atoms. The van der Waals surface area contributed by atoms with Crippen molar-refractivity contribution in [3.05, 3.63) is 0 Å². The van der Waals surface area contributed by atoms with E-state index >= 15 is 0 Å². The molecule has 1 fully saturated rings. The second kappa shape index (κ2) is 8.90. The van der Waals surface area contributed by atoms with Crippen molar-refractivity contribution in [3.63, 3.8) is 0 Å². The van der Waals surface area contributed by atoms with Crippen LogP contribution in [0.15, 0.2) is 0 Å². The van der Waals surface area contributed by atoms with Crippen LogP contribution in [0, 0.1) is 0 Å². The molecule has 0 aromatic heterocycles. The van der Waals surface area contributed by atoms with E-state index in [4.69, 9.17) is 48.7 Å². The second-order valence-corrected chi connectivity index (χ2v) is 16.8. The zero-order chi connectivity index (χ0) is 23.0. The van der Waals surface area contributed by atoms with E-state index < -0.39 is 54.4 Å². The van der Waals surface area contributed by atoms with Gasteiger partial charge in [-0.1, -0.05) is 55.6 Å². The standard InChI is InChI=1S/C18H30Cl3NO6Si/c1-16(2,3)27-15(25)22-11(14(24)26-10-18(19,20)21)9-12(13(22)23)28-29(7,8)17(4,5)6/h11-12H,9-10H2,1-8H3/t11-,12-/m0/s1. The molecule has 1 rings (SSSR count). The number of rotatable bonds is 4. The van der Waals surface area contributed by atoms with Crippen LogP contribution in [0.4, 0.5) is 4.79 Å². The number of carbonyl (C=O) groups is 3. The van der Waals surface area contributed by atoms with Crippen LogP contribution in [0.1, 0.15) is 48.0 Å². The Bertz CT molecular complexity index is 651. The molecule has 2 amide bonds. The Morgan fingerprint density at radius 3 is 2.03 bits per heavy atom. The van der Waals surface area contributed by atoms with Gasteiger partial charge in [-0.05, 0) is 38.9 Å². The number of carbonyl (C=O) groups excluding carboxylic acids is 3. The molecule has 0 N–H and O–H groups in total. The van der Waals surface area contributed by atoms with Crippen molar-refractivity contribution < 1.29 is 28.3 Å². The number of amides is 2. The number of imide groups is 1. The van der Waals surface area contributed by atoms with E-state index in [0.717, 1.165) is 4.90 Å². The number of likely N-dealkylation sites (tertiary alicyclic amines) is 1. The molecule has 1 heterocycles. The minimum atomic E-state index is -2.35. The summed E-state index contributed by atoms with van der Waals surface area (Å²) in [4.78, 5) is 39.0. The number of nitrogens with zero attached hydrogens (tertiary/aromatic N) is 1. The van der Waals surface area contributed by atoms with Crippen molar-refractivity contribution in [2.24, 2.45) is 0 Å². The monoisotopic (exact) mass is 489 g/mol. The Morgan fingerprint density at radius 2 is 1.62 bits per heavy atom. The number of alkyl halides is 3. The van der Waals surface area contributed by atoms with Gasteiger partial charge in [0, 0.05) is 6.42 Å². The minimum absolute atomic E-state index is 0.0523. The highest BCUT2D eigenvalue weighted by atomic mass is 35.6. The van der Waals surface area contributed by atoms with Gasteiger partial charge in [-0.25, -0.2) is 14.5 Å². The number of ether oxygens (including phenoxy) is 2. The predicted octanol–water partition coefficient (Wildman–Crippen LogP) is 4.83. The molecule has 1 saturated heterocycles. The molecule has 1 aliphatic rings. The maximum absolute atomic E-state index is 13.0. The quantitative estimate of drug-likeness (QED) is 0.319. The second-order valence-electron chi connectivity index (χ2n) is 9.53. The van der Waals surface area contributed by atoms with Gasteiger partial charge < -0.3 is 13.9 Å². The van der Waals surface area contributed by atoms with Gasteiger partial charge in [0.05, 0.1) is 0 Å². The summed E-state index contributed by atoms with van der Waals surface area (Å²) >= 11 is 16.9. The number of esters is 1. The van der Waals surface area contributed by atoms with Gasteiger partial charge in [-0.15, -0.1) is 0 Å². The van der Waals surface area contributed by atoms with Crippen LogP contribution in [-0.4, -0.2) is 59.3 Å². The third-order valence-electron chi connectivity index (χ3n) is 4.75. The molecule has 0 unspecified atom stereocenters. The first-order valence-electron chi connectivity index (χ1n) is 9.22. The third kappa shape index (κ3) is 7.58. The molecule has 0 aromatic rings. The lowest BCUT2D eigenvalue weighted by molar-refractivity contribution is -0.151. The van der Waals surface area contributed by atoms with Crippen molar-refractivity contribution in [2.75, 3.05) is 6.61 Å². The maximum atomic E-state index is 13.0. The average Bonchev–Trinajstić information content (AvgIpc) is 2.77. The summed E-state index contributed by atoms with van der Waals surface area (Å²) in [5.74, 6) is -1.50. The Morgan fingerprint density at radius 1 is 1.10 bits per heavy atom. The van der Waals surface area contributed by atoms with Crippen LogP contribution >= 0.6 is 34.8 Å². The van der Waals surface area contributed by atoms with Gasteiger partial charge in [0.25, 0.3) is 5.91 Å². The molecule has 0 saturated carbocycles. The summed E-state index contributed by atoms with van der Waals surface area (Å²) in [6.45, 7) is 14.5. The third-order valence-corrected chi connectivity index (χ3v) is 9.56. The predicted molar refractivity (Wildman–Crippen MR) is 115 cm³/mol. The van der Waals surface area contributed by atoms with Crippen LogP contribution in [0.25, 0.3) is 0 Å². The molecule has 168 valence electrons. The minimum Gasteiger partial charge on any atom is -0.460 e. The van der Waals surface area contributed by atoms with Crippen molar-refractivity contribution in [3.8, 4) is 0 Å². The zero-order valence-electron chi connectivity index (χ0n) is 18.1. The van der Waals surface area contributed by atoms with Gasteiger partial charge in [-0.2, -0.15) is 0 Å². The summed E-state index contributed by atoms with van der Waals surface area (Å²) in [6, 6.07) is -1.22. The summed E-state index contributed by atoms with van der Waals surface area (Å²) in [7, 11) is -2.35. The van der Waals surface area contributed by atoms with Crippen LogP contribution in [-0.2, 0) is 23.5 Å². The smallest absolute Gasteiger partial charge is 0.417 e. The SMILES string of the molecule is CC(C)(C)OC(=O)N1C(=O)[C@@H](O[Si](C)(C)C(C)(C)C)C[C@H]1C(=O)OCC(Cl)(Cl)Cl. The molecule has 0 spiro atoms. The summed E-state index contributed by atoms with van der Waals surface area (Å²) in [5.41, 5.74) is -0.859. The summed E-state index contributed by atoms with van der Waals surface area (Å²) in [6.07, 6.45) is -1.96. The molecule has 0 aliphatic carbocycles. The largest absolute Gasteiger partial charge is 0.460 e. The van der Waals surface area contributed by atoms with Crippen LogP contribution in [0.2, 0.25) is 18.1 Å². The summed E-state index contributed by atoms with van der Waals surface area (Å²) < 4.78 is 14.7. The highest BCUT2D eigenvalue weighted by Gasteiger charge is 2.52. The van der Waals surface area contributed by atoms with E-state index in [2.05, 4.69) is 0 Å². The van der Waals surface area contributed by atoms with Crippen LogP contribution < -0.4 is 0 Å². The van der Waals surface area contributed by atoms with E-state index in [1.54, 1.807) is 20.8 Å². The normalized spacial score (nSPS) is 21.3. The van der Waals surface area contributed by atoms with E-state index in [0.29, 0.717) is 0 Å². The van der Waals surface area contributed by atoms with Crippen LogP contribution in [0.3, 0.4) is 0 Å². The lowest BCUT2D eigenvalue weighted by atomic mass is 10.2. The maximum Gasteiger partial charge on any atom is 0.417 e. The molecule has 11 heteroatoms. The Labute approximate surface area is 188 Å².